The van der Waals surface area contributed by atoms with Gasteiger partial charge in [-0.2, -0.15) is 0 Å². The van der Waals surface area contributed by atoms with Crippen molar-refractivity contribution in [2.75, 3.05) is 20.1 Å². The molecule has 1 aromatic rings. The molecule has 4 heteroatoms. The molecule has 0 bridgehead atoms. The van der Waals surface area contributed by atoms with Crippen molar-refractivity contribution < 1.29 is 4.39 Å². The Morgan fingerprint density at radius 3 is 2.84 bits per heavy atom. The molecule has 2 unspecified atom stereocenters. The van der Waals surface area contributed by atoms with E-state index in [2.05, 4.69) is 31.1 Å². The molecule has 1 saturated heterocycles. The van der Waals surface area contributed by atoms with Crippen LogP contribution < -0.4 is 5.32 Å². The fourth-order valence-corrected chi connectivity index (χ4v) is 3.02. The summed E-state index contributed by atoms with van der Waals surface area (Å²) in [5.41, 5.74) is 0.764. The quantitative estimate of drug-likeness (QED) is 0.911. The maximum atomic E-state index is 14.1. The lowest BCUT2D eigenvalue weighted by Crippen LogP contribution is -2.32. The van der Waals surface area contributed by atoms with Gasteiger partial charge >= 0.3 is 0 Å². The van der Waals surface area contributed by atoms with E-state index in [1.54, 1.807) is 6.07 Å². The molecule has 0 aliphatic carbocycles. The Bertz CT molecular complexity index is 436. The van der Waals surface area contributed by atoms with E-state index < -0.39 is 0 Å². The Balaban J connectivity index is 2.18. The maximum Gasteiger partial charge on any atom is 0.129 e. The van der Waals surface area contributed by atoms with Crippen LogP contribution in [0, 0.1) is 11.7 Å². The molecule has 0 radical (unpaired) electrons. The van der Waals surface area contributed by atoms with Crippen LogP contribution in [0.4, 0.5) is 4.39 Å². The molecule has 1 aliphatic heterocycles. The summed E-state index contributed by atoms with van der Waals surface area (Å²) in [5.74, 6) is 0.254. The van der Waals surface area contributed by atoms with E-state index in [4.69, 9.17) is 11.6 Å². The third-order valence-corrected chi connectivity index (χ3v) is 4.08. The monoisotopic (exact) mass is 284 g/mol. The minimum Gasteiger partial charge on any atom is -0.314 e. The molecule has 1 heterocycles. The minimum absolute atomic E-state index is 0.142. The van der Waals surface area contributed by atoms with Gasteiger partial charge in [-0.15, -0.1) is 0 Å². The SMILES string of the molecule is CC(C)NCC1CCN(C)C1c1ccc(Cl)cc1F. The molecule has 106 valence electrons. The van der Waals surface area contributed by atoms with Gasteiger partial charge in [-0.3, -0.25) is 4.90 Å². The highest BCUT2D eigenvalue weighted by atomic mass is 35.5. The summed E-state index contributed by atoms with van der Waals surface area (Å²) in [6.45, 7) is 6.21. The van der Waals surface area contributed by atoms with Crippen molar-refractivity contribution >= 4 is 11.6 Å². The maximum absolute atomic E-state index is 14.1. The first-order valence-corrected chi connectivity index (χ1v) is 7.25. The van der Waals surface area contributed by atoms with Crippen molar-refractivity contribution in [3.05, 3.63) is 34.6 Å². The van der Waals surface area contributed by atoms with E-state index in [1.807, 2.05) is 6.07 Å². The molecular formula is C15H22ClFN2. The average molecular weight is 285 g/mol. The zero-order valence-electron chi connectivity index (χ0n) is 11.8. The molecule has 2 atom stereocenters. The van der Waals surface area contributed by atoms with Gasteiger partial charge in [0.25, 0.3) is 0 Å². The van der Waals surface area contributed by atoms with Crippen LogP contribution in [0.2, 0.25) is 5.02 Å². The molecule has 0 aromatic heterocycles. The topological polar surface area (TPSA) is 15.3 Å². The molecule has 2 rings (SSSR count). The number of hydrogen-bond acceptors (Lipinski definition) is 2. The van der Waals surface area contributed by atoms with Crippen LogP contribution in [0.25, 0.3) is 0 Å². The first-order valence-electron chi connectivity index (χ1n) is 6.87. The smallest absolute Gasteiger partial charge is 0.129 e. The summed E-state index contributed by atoms with van der Waals surface area (Å²) in [6, 6.07) is 5.62. The summed E-state index contributed by atoms with van der Waals surface area (Å²) < 4.78 is 14.1. The molecule has 0 amide bonds. The number of likely N-dealkylation sites (tertiary alicyclic amines) is 1. The lowest BCUT2D eigenvalue weighted by Gasteiger charge is -2.27. The Morgan fingerprint density at radius 1 is 1.47 bits per heavy atom. The lowest BCUT2D eigenvalue weighted by molar-refractivity contribution is 0.263. The van der Waals surface area contributed by atoms with Gasteiger partial charge in [0.1, 0.15) is 5.82 Å². The fraction of sp³-hybridized carbons (Fsp3) is 0.600. The van der Waals surface area contributed by atoms with Crippen LogP contribution in [0.15, 0.2) is 18.2 Å². The zero-order chi connectivity index (χ0) is 14.0. The molecule has 0 spiro atoms. The number of benzene rings is 1. The average Bonchev–Trinajstić information content (AvgIpc) is 2.68. The Hall–Kier alpha value is -0.640. The Kier molecular flexibility index (Phi) is 4.82. The molecule has 1 fully saturated rings. The summed E-state index contributed by atoms with van der Waals surface area (Å²) in [7, 11) is 2.06. The van der Waals surface area contributed by atoms with Crippen molar-refractivity contribution in [2.24, 2.45) is 5.92 Å². The standard InChI is InChI=1S/C15H22ClFN2/c1-10(2)18-9-11-6-7-19(3)15(11)13-5-4-12(16)8-14(13)17/h4-5,8,10-11,15,18H,6-7,9H2,1-3H3. The molecule has 2 nitrogen and oxygen atoms in total. The highest BCUT2D eigenvalue weighted by Gasteiger charge is 2.34. The number of halogens is 2. The zero-order valence-corrected chi connectivity index (χ0v) is 12.5. The van der Waals surface area contributed by atoms with Crippen LogP contribution in [0.3, 0.4) is 0 Å². The molecule has 1 aliphatic rings. The first-order chi connectivity index (χ1) is 8.99. The van der Waals surface area contributed by atoms with Crippen molar-refractivity contribution in [3.8, 4) is 0 Å². The van der Waals surface area contributed by atoms with Crippen molar-refractivity contribution in [2.45, 2.75) is 32.4 Å². The molecule has 0 saturated carbocycles. The second-order valence-corrected chi connectivity index (χ2v) is 6.14. The van der Waals surface area contributed by atoms with Crippen molar-refractivity contribution in [3.63, 3.8) is 0 Å². The second kappa shape index (κ2) is 6.21. The predicted octanol–water partition coefficient (Wildman–Crippen LogP) is 3.47. The number of nitrogens with zero attached hydrogens (tertiary/aromatic N) is 1. The van der Waals surface area contributed by atoms with Gasteiger partial charge in [-0.05, 0) is 38.1 Å². The number of hydrogen-bond donors (Lipinski definition) is 1. The van der Waals surface area contributed by atoms with Crippen molar-refractivity contribution in [1.29, 1.82) is 0 Å². The van der Waals surface area contributed by atoms with E-state index in [9.17, 15) is 4.39 Å². The molecule has 1 aromatic carbocycles. The predicted molar refractivity (Wildman–Crippen MR) is 78.0 cm³/mol. The van der Waals surface area contributed by atoms with E-state index in [0.29, 0.717) is 17.0 Å². The van der Waals surface area contributed by atoms with Gasteiger partial charge < -0.3 is 5.32 Å². The number of rotatable bonds is 4. The van der Waals surface area contributed by atoms with Gasteiger partial charge in [-0.25, -0.2) is 4.39 Å². The highest BCUT2D eigenvalue weighted by Crippen LogP contribution is 2.37. The van der Waals surface area contributed by atoms with E-state index in [-0.39, 0.29) is 11.9 Å². The lowest BCUT2D eigenvalue weighted by atomic mass is 9.93. The van der Waals surface area contributed by atoms with Crippen molar-refractivity contribution in [1.82, 2.24) is 10.2 Å². The van der Waals surface area contributed by atoms with Gasteiger partial charge in [0.2, 0.25) is 0 Å². The largest absolute Gasteiger partial charge is 0.314 e. The van der Waals surface area contributed by atoms with Crippen LogP contribution in [-0.2, 0) is 0 Å². The van der Waals surface area contributed by atoms with E-state index >= 15 is 0 Å². The van der Waals surface area contributed by atoms with Crippen LogP contribution in [-0.4, -0.2) is 31.1 Å². The van der Waals surface area contributed by atoms with Gasteiger partial charge in [-0.1, -0.05) is 31.5 Å². The highest BCUT2D eigenvalue weighted by molar-refractivity contribution is 6.30. The summed E-state index contributed by atoms with van der Waals surface area (Å²) in [5, 5.41) is 3.92. The third-order valence-electron chi connectivity index (χ3n) is 3.84. The normalized spacial score (nSPS) is 24.3. The summed E-state index contributed by atoms with van der Waals surface area (Å²) in [4.78, 5) is 2.24. The van der Waals surface area contributed by atoms with E-state index in [1.165, 1.54) is 6.07 Å². The Labute approximate surface area is 119 Å². The minimum atomic E-state index is -0.194. The summed E-state index contributed by atoms with van der Waals surface area (Å²) >= 11 is 5.83. The van der Waals surface area contributed by atoms with Gasteiger partial charge in [0, 0.05) is 29.2 Å². The molecule has 19 heavy (non-hydrogen) atoms. The third kappa shape index (κ3) is 3.47. The van der Waals surface area contributed by atoms with Crippen LogP contribution in [0.5, 0.6) is 0 Å². The van der Waals surface area contributed by atoms with Gasteiger partial charge in [0.05, 0.1) is 0 Å². The second-order valence-electron chi connectivity index (χ2n) is 5.70. The Morgan fingerprint density at radius 2 is 2.21 bits per heavy atom. The fourth-order valence-electron chi connectivity index (χ4n) is 2.86. The van der Waals surface area contributed by atoms with E-state index in [0.717, 1.165) is 25.1 Å². The van der Waals surface area contributed by atoms with Crippen LogP contribution in [0.1, 0.15) is 31.9 Å². The molecule has 1 N–H and O–H groups in total. The summed E-state index contributed by atoms with van der Waals surface area (Å²) in [6.07, 6.45) is 1.10. The molecular weight excluding hydrogens is 263 g/mol. The van der Waals surface area contributed by atoms with Gasteiger partial charge in [0.15, 0.2) is 0 Å². The number of nitrogens with one attached hydrogen (secondary N) is 1. The first kappa shape index (κ1) is 14.8. The van der Waals surface area contributed by atoms with Crippen LogP contribution >= 0.6 is 11.6 Å².